The van der Waals surface area contributed by atoms with Crippen molar-refractivity contribution in [3.05, 3.63) is 47.1 Å². The summed E-state index contributed by atoms with van der Waals surface area (Å²) in [5, 5.41) is 2.67. The minimum atomic E-state index is -0.101. The molecule has 1 fully saturated rings. The Kier molecular flexibility index (Phi) is 5.20. The van der Waals surface area contributed by atoms with Gasteiger partial charge in [0.2, 0.25) is 5.88 Å². The van der Waals surface area contributed by atoms with Gasteiger partial charge in [0.05, 0.1) is 35.6 Å². The first-order valence-corrected chi connectivity index (χ1v) is 10.9. The predicted molar refractivity (Wildman–Crippen MR) is 124 cm³/mol. The number of likely N-dealkylation sites (tertiary alicyclic amines) is 1. The van der Waals surface area contributed by atoms with E-state index in [1.54, 1.807) is 49.1 Å². The average molecular weight is 447 g/mol. The van der Waals surface area contributed by atoms with E-state index in [9.17, 15) is 9.59 Å². The summed E-state index contributed by atoms with van der Waals surface area (Å²) in [4.78, 5) is 40.8. The maximum atomic E-state index is 13.3. The zero-order valence-electron chi connectivity index (χ0n) is 18.8. The minimum Gasteiger partial charge on any atom is -0.481 e. The number of aromatic nitrogens is 5. The van der Waals surface area contributed by atoms with Gasteiger partial charge >= 0.3 is 11.7 Å². The van der Waals surface area contributed by atoms with Gasteiger partial charge in [-0.3, -0.25) is 14.1 Å². The van der Waals surface area contributed by atoms with Crippen LogP contribution in [0, 0.1) is 0 Å². The Morgan fingerprint density at radius 2 is 1.91 bits per heavy atom. The summed E-state index contributed by atoms with van der Waals surface area (Å²) in [5.41, 5.74) is 4.38. The van der Waals surface area contributed by atoms with Gasteiger partial charge in [-0.25, -0.2) is 19.6 Å². The summed E-state index contributed by atoms with van der Waals surface area (Å²) < 4.78 is 8.61. The van der Waals surface area contributed by atoms with E-state index in [1.165, 1.54) is 0 Å². The molecule has 1 N–H and O–H groups in total. The van der Waals surface area contributed by atoms with Gasteiger partial charge in [0, 0.05) is 51.1 Å². The Hall–Kier alpha value is -3.95. The number of carbonyl (C=O) groups excluding carboxylic acids is 1. The van der Waals surface area contributed by atoms with Crippen LogP contribution in [0.25, 0.3) is 33.3 Å². The van der Waals surface area contributed by atoms with Crippen LogP contribution in [0.1, 0.15) is 18.9 Å². The highest BCUT2D eigenvalue weighted by atomic mass is 16.5. The van der Waals surface area contributed by atoms with Gasteiger partial charge < -0.3 is 15.0 Å². The lowest BCUT2D eigenvalue weighted by Crippen LogP contribution is -2.44. The zero-order valence-corrected chi connectivity index (χ0v) is 18.8. The molecule has 4 aromatic heterocycles. The fourth-order valence-corrected chi connectivity index (χ4v) is 4.52. The lowest BCUT2D eigenvalue weighted by molar-refractivity contribution is 0.173. The Morgan fingerprint density at radius 3 is 2.58 bits per heavy atom. The third kappa shape index (κ3) is 3.47. The molecule has 0 bridgehead atoms. The Balaban J connectivity index is 1.63. The second-order valence-electron chi connectivity index (χ2n) is 8.13. The summed E-state index contributed by atoms with van der Waals surface area (Å²) in [7, 11) is 4.96. The van der Waals surface area contributed by atoms with Crippen LogP contribution < -0.4 is 15.7 Å². The van der Waals surface area contributed by atoms with Crippen LogP contribution >= 0.6 is 0 Å². The fraction of sp³-hybridized carbons (Fsp3) is 0.348. The predicted octanol–water partition coefficient (Wildman–Crippen LogP) is 2.33. The third-order valence-corrected chi connectivity index (χ3v) is 6.33. The SMILES string of the molecule is CNC(=O)N1CCC(n2c(=O)n(C)c3cnc4ccc(-c5ccc(OC)nc5)nc4c32)CC1. The number of ether oxygens (including phenoxy) is 1. The maximum absolute atomic E-state index is 13.3. The van der Waals surface area contributed by atoms with Crippen molar-refractivity contribution in [1.82, 2.24) is 34.3 Å². The average Bonchev–Trinajstić information content (AvgIpc) is 3.13. The minimum absolute atomic E-state index is 0.0270. The number of fused-ring (bicyclic) bond motifs is 3. The second-order valence-corrected chi connectivity index (χ2v) is 8.13. The van der Waals surface area contributed by atoms with E-state index in [1.807, 2.05) is 22.8 Å². The van der Waals surface area contributed by atoms with Crippen molar-refractivity contribution >= 4 is 28.1 Å². The van der Waals surface area contributed by atoms with Crippen molar-refractivity contribution in [2.24, 2.45) is 7.05 Å². The monoisotopic (exact) mass is 447 g/mol. The molecule has 170 valence electrons. The molecule has 10 heteroatoms. The molecule has 5 rings (SSSR count). The number of amides is 2. The molecule has 0 atom stereocenters. The number of aryl methyl sites for hydroxylation is 1. The number of nitrogens with zero attached hydrogens (tertiary/aromatic N) is 6. The molecule has 1 saturated heterocycles. The topological polar surface area (TPSA) is 107 Å². The number of piperidine rings is 1. The van der Waals surface area contributed by atoms with E-state index < -0.39 is 0 Å². The lowest BCUT2D eigenvalue weighted by Gasteiger charge is -2.32. The van der Waals surface area contributed by atoms with Crippen molar-refractivity contribution in [1.29, 1.82) is 0 Å². The summed E-state index contributed by atoms with van der Waals surface area (Å²) in [6.07, 6.45) is 4.83. The van der Waals surface area contributed by atoms with Crippen molar-refractivity contribution in [2.45, 2.75) is 18.9 Å². The fourth-order valence-electron chi connectivity index (χ4n) is 4.52. The molecule has 0 unspecified atom stereocenters. The lowest BCUT2D eigenvalue weighted by atomic mass is 10.0. The summed E-state index contributed by atoms with van der Waals surface area (Å²) in [5.74, 6) is 0.531. The van der Waals surface area contributed by atoms with Crippen LogP contribution in [0.2, 0.25) is 0 Å². The molecule has 10 nitrogen and oxygen atoms in total. The number of carbonyl (C=O) groups is 1. The molecule has 1 aliphatic heterocycles. The molecule has 0 spiro atoms. The van der Waals surface area contributed by atoms with Crippen molar-refractivity contribution in [3.8, 4) is 17.1 Å². The van der Waals surface area contributed by atoms with E-state index in [0.717, 1.165) is 27.8 Å². The van der Waals surface area contributed by atoms with Gasteiger partial charge in [-0.05, 0) is 31.0 Å². The van der Waals surface area contributed by atoms with Crippen LogP contribution in [-0.2, 0) is 7.05 Å². The second kappa shape index (κ2) is 8.19. The number of urea groups is 1. The summed E-state index contributed by atoms with van der Waals surface area (Å²) >= 11 is 0. The highest BCUT2D eigenvalue weighted by molar-refractivity contribution is 6.00. The molecule has 0 saturated carbocycles. The van der Waals surface area contributed by atoms with E-state index in [0.29, 0.717) is 37.3 Å². The van der Waals surface area contributed by atoms with Crippen molar-refractivity contribution in [3.63, 3.8) is 0 Å². The van der Waals surface area contributed by atoms with Crippen LogP contribution in [0.3, 0.4) is 0 Å². The first kappa shape index (κ1) is 20.9. The molecular formula is C23H25N7O3. The molecule has 5 heterocycles. The van der Waals surface area contributed by atoms with Gasteiger partial charge in [-0.15, -0.1) is 0 Å². The number of hydrogen-bond donors (Lipinski definition) is 1. The largest absolute Gasteiger partial charge is 0.481 e. The van der Waals surface area contributed by atoms with Crippen molar-refractivity contribution < 1.29 is 9.53 Å². The number of imidazole rings is 1. The first-order chi connectivity index (χ1) is 16.0. The van der Waals surface area contributed by atoms with Gasteiger partial charge in [0.1, 0.15) is 5.52 Å². The number of methoxy groups -OCH3 is 1. The smallest absolute Gasteiger partial charge is 0.329 e. The number of hydrogen-bond acceptors (Lipinski definition) is 6. The summed E-state index contributed by atoms with van der Waals surface area (Å²) in [6.45, 7) is 1.18. The van der Waals surface area contributed by atoms with Gasteiger partial charge in [0.25, 0.3) is 0 Å². The quantitative estimate of drug-likeness (QED) is 0.517. The van der Waals surface area contributed by atoms with E-state index in [4.69, 9.17) is 9.72 Å². The van der Waals surface area contributed by atoms with E-state index in [-0.39, 0.29) is 17.8 Å². The van der Waals surface area contributed by atoms with Crippen LogP contribution in [-0.4, -0.2) is 62.3 Å². The number of pyridine rings is 3. The Morgan fingerprint density at radius 1 is 1.12 bits per heavy atom. The molecule has 1 aliphatic rings. The molecule has 2 amide bonds. The van der Waals surface area contributed by atoms with Crippen molar-refractivity contribution in [2.75, 3.05) is 27.2 Å². The van der Waals surface area contributed by atoms with Crippen LogP contribution in [0.15, 0.2) is 41.5 Å². The Bertz CT molecular complexity index is 1400. The Labute approximate surface area is 189 Å². The molecule has 0 radical (unpaired) electrons. The van der Waals surface area contributed by atoms with Gasteiger partial charge in [0.15, 0.2) is 0 Å². The van der Waals surface area contributed by atoms with Gasteiger partial charge in [-0.1, -0.05) is 0 Å². The standard InChI is InChI=1S/C23H25N7O3/c1-24-22(31)29-10-8-15(9-11-29)30-21-18(28(2)23(30)32)13-25-17-6-5-16(27-20(17)21)14-4-7-19(33-3)26-12-14/h4-7,12-13,15H,8-11H2,1-3H3,(H,24,31). The third-order valence-electron chi connectivity index (χ3n) is 6.33. The highest BCUT2D eigenvalue weighted by Crippen LogP contribution is 2.30. The summed E-state index contributed by atoms with van der Waals surface area (Å²) in [6, 6.07) is 7.39. The number of nitrogens with one attached hydrogen (secondary N) is 1. The molecule has 4 aromatic rings. The number of rotatable bonds is 3. The molecule has 33 heavy (non-hydrogen) atoms. The first-order valence-electron chi connectivity index (χ1n) is 10.9. The molecule has 0 aromatic carbocycles. The maximum Gasteiger partial charge on any atom is 0.329 e. The van der Waals surface area contributed by atoms with E-state index >= 15 is 0 Å². The highest BCUT2D eigenvalue weighted by Gasteiger charge is 2.27. The van der Waals surface area contributed by atoms with Crippen LogP contribution in [0.4, 0.5) is 4.79 Å². The normalized spacial score (nSPS) is 14.7. The van der Waals surface area contributed by atoms with E-state index in [2.05, 4.69) is 15.3 Å². The van der Waals surface area contributed by atoms with Crippen LogP contribution in [0.5, 0.6) is 5.88 Å². The molecule has 0 aliphatic carbocycles. The molecular weight excluding hydrogens is 422 g/mol. The van der Waals surface area contributed by atoms with Gasteiger partial charge in [-0.2, -0.15) is 0 Å². The zero-order chi connectivity index (χ0) is 23.1.